The third-order valence-corrected chi connectivity index (χ3v) is 4.80. The van der Waals surface area contributed by atoms with Gasteiger partial charge in [-0.05, 0) is 12.8 Å². The molecule has 1 aliphatic carbocycles. The molecule has 0 aromatic rings. The highest BCUT2D eigenvalue weighted by Gasteiger charge is 2.48. The summed E-state index contributed by atoms with van der Waals surface area (Å²) in [6.07, 6.45) is 0.990. The van der Waals surface area contributed by atoms with Crippen molar-refractivity contribution in [2.75, 3.05) is 0 Å². The Kier molecular flexibility index (Phi) is 2.79. The summed E-state index contributed by atoms with van der Waals surface area (Å²) in [6, 6.07) is 2.00. The second-order valence-electron chi connectivity index (χ2n) is 3.00. The van der Waals surface area contributed by atoms with Crippen LogP contribution in [0.4, 0.5) is 0 Å². The first-order chi connectivity index (χ1) is 5.52. The number of nitrogens with zero attached hydrogens (tertiary/aromatic N) is 1. The number of amides is 1. The lowest BCUT2D eigenvalue weighted by Gasteiger charge is -2.14. The standard InChI is InChI=1S/C7H8Br2N2O/c8-4-1-7(3-10,6(11)12)2-5(4)9/h4-5H,1-2H2,(H2,11,12)/t4-,5+,7?. The highest BCUT2D eigenvalue weighted by Crippen LogP contribution is 2.44. The molecule has 66 valence electrons. The number of nitrogens with two attached hydrogens (primary N) is 1. The molecule has 2 N–H and O–H groups in total. The van der Waals surface area contributed by atoms with Gasteiger partial charge in [0.05, 0.1) is 6.07 Å². The smallest absolute Gasteiger partial charge is 0.237 e. The highest BCUT2D eigenvalue weighted by atomic mass is 79.9. The van der Waals surface area contributed by atoms with E-state index >= 15 is 0 Å². The van der Waals surface area contributed by atoms with Crippen LogP contribution in [0.3, 0.4) is 0 Å². The summed E-state index contributed by atoms with van der Waals surface area (Å²) < 4.78 is 0. The predicted octanol–water partition coefficient (Wildman–Crippen LogP) is 1.30. The van der Waals surface area contributed by atoms with Crippen molar-refractivity contribution in [2.24, 2.45) is 11.1 Å². The van der Waals surface area contributed by atoms with Crippen LogP contribution in [0.1, 0.15) is 12.8 Å². The SMILES string of the molecule is N#CC1(C(N)=O)C[C@@H](Br)[C@@H](Br)C1. The van der Waals surface area contributed by atoms with Gasteiger partial charge in [-0.2, -0.15) is 5.26 Å². The Bertz CT molecular complexity index is 238. The average Bonchev–Trinajstić information content (AvgIpc) is 2.29. The zero-order valence-corrected chi connectivity index (χ0v) is 9.43. The van der Waals surface area contributed by atoms with Crippen molar-refractivity contribution in [3.8, 4) is 6.07 Å². The Labute approximate surface area is 87.6 Å². The molecule has 0 bridgehead atoms. The Morgan fingerprint density at radius 3 is 2.08 bits per heavy atom. The van der Waals surface area contributed by atoms with E-state index < -0.39 is 11.3 Å². The number of carbonyl (C=O) groups is 1. The summed E-state index contributed by atoms with van der Waals surface area (Å²) in [4.78, 5) is 11.3. The highest BCUT2D eigenvalue weighted by molar-refractivity contribution is 9.12. The molecule has 0 aromatic heterocycles. The molecule has 0 aromatic carbocycles. The van der Waals surface area contributed by atoms with Gasteiger partial charge in [-0.3, -0.25) is 4.79 Å². The number of hydrogen-bond acceptors (Lipinski definition) is 2. The predicted molar refractivity (Wildman–Crippen MR) is 51.9 cm³/mol. The second kappa shape index (κ2) is 3.35. The Hall–Kier alpha value is -0.0800. The minimum atomic E-state index is -0.970. The van der Waals surface area contributed by atoms with E-state index in [9.17, 15) is 4.79 Å². The molecule has 0 radical (unpaired) electrons. The fourth-order valence-corrected chi connectivity index (χ4v) is 2.83. The summed E-state index contributed by atoms with van der Waals surface area (Å²) in [7, 11) is 0. The molecular formula is C7H8Br2N2O. The van der Waals surface area contributed by atoms with Gasteiger partial charge in [0.15, 0.2) is 0 Å². The van der Waals surface area contributed by atoms with Gasteiger partial charge in [-0.1, -0.05) is 31.9 Å². The monoisotopic (exact) mass is 294 g/mol. The first-order valence-electron chi connectivity index (χ1n) is 3.51. The third kappa shape index (κ3) is 1.50. The van der Waals surface area contributed by atoms with E-state index in [2.05, 4.69) is 31.9 Å². The molecule has 1 unspecified atom stereocenters. The minimum Gasteiger partial charge on any atom is -0.368 e. The minimum absolute atomic E-state index is 0.157. The molecule has 0 aliphatic heterocycles. The Balaban J connectivity index is 2.88. The van der Waals surface area contributed by atoms with Gasteiger partial charge < -0.3 is 5.73 Å². The van der Waals surface area contributed by atoms with Crippen molar-refractivity contribution in [1.29, 1.82) is 5.26 Å². The maximum Gasteiger partial charge on any atom is 0.237 e. The largest absolute Gasteiger partial charge is 0.368 e. The normalized spacial score (nSPS) is 40.8. The number of rotatable bonds is 1. The average molecular weight is 296 g/mol. The molecule has 0 heterocycles. The fourth-order valence-electron chi connectivity index (χ4n) is 1.35. The van der Waals surface area contributed by atoms with E-state index in [1.807, 2.05) is 6.07 Å². The van der Waals surface area contributed by atoms with Gasteiger partial charge in [0, 0.05) is 9.65 Å². The Morgan fingerprint density at radius 2 is 1.92 bits per heavy atom. The van der Waals surface area contributed by atoms with E-state index in [-0.39, 0.29) is 9.65 Å². The molecule has 0 spiro atoms. The van der Waals surface area contributed by atoms with Gasteiger partial charge in [0.2, 0.25) is 5.91 Å². The van der Waals surface area contributed by atoms with Crippen LogP contribution < -0.4 is 5.73 Å². The molecule has 1 saturated carbocycles. The van der Waals surface area contributed by atoms with Crippen molar-refractivity contribution in [3.63, 3.8) is 0 Å². The molecule has 3 atom stereocenters. The first kappa shape index (κ1) is 10.0. The van der Waals surface area contributed by atoms with E-state index in [1.165, 1.54) is 0 Å². The maximum absolute atomic E-state index is 11.0. The van der Waals surface area contributed by atoms with E-state index in [0.29, 0.717) is 12.8 Å². The van der Waals surface area contributed by atoms with Crippen LogP contribution >= 0.6 is 31.9 Å². The molecular weight excluding hydrogens is 288 g/mol. The van der Waals surface area contributed by atoms with E-state index in [0.717, 1.165) is 0 Å². The summed E-state index contributed by atoms with van der Waals surface area (Å²) >= 11 is 6.77. The van der Waals surface area contributed by atoms with Crippen LogP contribution in [-0.2, 0) is 4.79 Å². The fraction of sp³-hybridized carbons (Fsp3) is 0.714. The number of nitriles is 1. The molecule has 1 rings (SSSR count). The van der Waals surface area contributed by atoms with Crippen molar-refractivity contribution in [1.82, 2.24) is 0 Å². The molecule has 3 nitrogen and oxygen atoms in total. The molecule has 5 heteroatoms. The molecule has 12 heavy (non-hydrogen) atoms. The van der Waals surface area contributed by atoms with Crippen LogP contribution in [0.5, 0.6) is 0 Å². The van der Waals surface area contributed by atoms with E-state index in [1.54, 1.807) is 0 Å². The molecule has 1 aliphatic rings. The van der Waals surface area contributed by atoms with Crippen molar-refractivity contribution in [2.45, 2.75) is 22.5 Å². The van der Waals surface area contributed by atoms with Crippen LogP contribution in [0.25, 0.3) is 0 Å². The lowest BCUT2D eigenvalue weighted by atomic mass is 9.87. The molecule has 0 saturated heterocycles. The zero-order valence-electron chi connectivity index (χ0n) is 6.26. The Morgan fingerprint density at radius 1 is 1.50 bits per heavy atom. The lowest BCUT2D eigenvalue weighted by molar-refractivity contribution is -0.124. The van der Waals surface area contributed by atoms with Crippen LogP contribution in [0.15, 0.2) is 0 Å². The number of primary amides is 1. The first-order valence-corrected chi connectivity index (χ1v) is 5.34. The quantitative estimate of drug-likeness (QED) is 0.741. The van der Waals surface area contributed by atoms with E-state index in [4.69, 9.17) is 11.0 Å². The van der Waals surface area contributed by atoms with Gasteiger partial charge >= 0.3 is 0 Å². The van der Waals surface area contributed by atoms with Crippen molar-refractivity contribution >= 4 is 37.8 Å². The molecule has 1 amide bonds. The van der Waals surface area contributed by atoms with Crippen LogP contribution in [-0.4, -0.2) is 15.6 Å². The number of carbonyl (C=O) groups excluding carboxylic acids is 1. The summed E-state index contributed by atoms with van der Waals surface area (Å²) in [5, 5.41) is 8.83. The van der Waals surface area contributed by atoms with Gasteiger partial charge in [0.25, 0.3) is 0 Å². The summed E-state index contributed by atoms with van der Waals surface area (Å²) in [6.45, 7) is 0. The number of alkyl halides is 2. The summed E-state index contributed by atoms with van der Waals surface area (Å²) in [5.74, 6) is -0.517. The zero-order chi connectivity index (χ0) is 9.35. The topological polar surface area (TPSA) is 66.9 Å². The van der Waals surface area contributed by atoms with Crippen molar-refractivity contribution < 1.29 is 4.79 Å². The number of halogens is 2. The van der Waals surface area contributed by atoms with Crippen molar-refractivity contribution in [3.05, 3.63) is 0 Å². The third-order valence-electron chi connectivity index (χ3n) is 2.17. The summed E-state index contributed by atoms with van der Waals surface area (Å²) in [5.41, 5.74) is 4.19. The maximum atomic E-state index is 11.0. The van der Waals surface area contributed by atoms with Gasteiger partial charge in [-0.25, -0.2) is 0 Å². The number of hydrogen-bond donors (Lipinski definition) is 1. The lowest BCUT2D eigenvalue weighted by Crippen LogP contribution is -2.33. The van der Waals surface area contributed by atoms with Gasteiger partial charge in [0.1, 0.15) is 5.41 Å². The van der Waals surface area contributed by atoms with Crippen LogP contribution in [0, 0.1) is 16.7 Å². The second-order valence-corrected chi connectivity index (χ2v) is 5.35. The van der Waals surface area contributed by atoms with Gasteiger partial charge in [-0.15, -0.1) is 0 Å². The van der Waals surface area contributed by atoms with Crippen LogP contribution in [0.2, 0.25) is 0 Å². The molecule has 1 fully saturated rings.